The third-order valence-electron chi connectivity index (χ3n) is 3.71. The second-order valence-corrected chi connectivity index (χ2v) is 7.34. The minimum atomic E-state index is -0.113. The molecule has 0 atom stereocenters. The smallest absolute Gasteiger partial charge is 0.234 e. The molecule has 8 heteroatoms. The number of rotatable bonds is 6. The molecular weight excluding hydrogens is 370 g/mol. The molecule has 0 bridgehead atoms. The van der Waals surface area contributed by atoms with Crippen molar-refractivity contribution in [3.63, 3.8) is 0 Å². The minimum Gasteiger partial charge on any atom is -0.325 e. The van der Waals surface area contributed by atoms with E-state index in [1.807, 2.05) is 36.4 Å². The molecule has 1 aromatic heterocycles. The fraction of sp³-hybridized carbons (Fsp3) is 0.222. The van der Waals surface area contributed by atoms with E-state index in [0.29, 0.717) is 16.1 Å². The Hall–Kier alpha value is -2.38. The molecule has 1 amide bonds. The van der Waals surface area contributed by atoms with Crippen LogP contribution in [0.5, 0.6) is 0 Å². The highest BCUT2D eigenvalue weighted by Gasteiger charge is 2.12. The van der Waals surface area contributed by atoms with Crippen LogP contribution in [-0.2, 0) is 4.79 Å². The molecule has 0 aliphatic carbocycles. The molecule has 3 aromatic rings. The van der Waals surface area contributed by atoms with E-state index in [2.05, 4.69) is 34.7 Å². The molecule has 1 N–H and O–H groups in total. The first-order valence-corrected chi connectivity index (χ1v) is 9.46. The van der Waals surface area contributed by atoms with Gasteiger partial charge in [0.25, 0.3) is 0 Å². The fourth-order valence-electron chi connectivity index (χ4n) is 2.29. The number of hydrogen-bond acceptors (Lipinski definition) is 5. The normalized spacial score (nSPS) is 10.9. The van der Waals surface area contributed by atoms with Gasteiger partial charge in [0.1, 0.15) is 0 Å². The molecule has 0 saturated carbocycles. The Morgan fingerprint density at radius 2 is 1.85 bits per heavy atom. The number of nitrogens with one attached hydrogen (secondary N) is 1. The Morgan fingerprint density at radius 1 is 1.15 bits per heavy atom. The van der Waals surface area contributed by atoms with E-state index in [4.69, 9.17) is 11.6 Å². The predicted octanol–water partition coefficient (Wildman–Crippen LogP) is 4.17. The summed E-state index contributed by atoms with van der Waals surface area (Å²) in [5.41, 5.74) is 2.79. The Balaban J connectivity index is 1.60. The maximum Gasteiger partial charge on any atom is 0.234 e. The number of thioether (sulfide) groups is 1. The van der Waals surface area contributed by atoms with Gasteiger partial charge in [0, 0.05) is 10.7 Å². The van der Waals surface area contributed by atoms with E-state index in [1.54, 1.807) is 16.8 Å². The lowest BCUT2D eigenvalue weighted by Gasteiger charge is -2.08. The van der Waals surface area contributed by atoms with Gasteiger partial charge in [0.15, 0.2) is 0 Å². The number of aromatic nitrogens is 4. The lowest BCUT2D eigenvalue weighted by atomic mass is 10.0. The monoisotopic (exact) mass is 387 g/mol. The Kier molecular flexibility index (Phi) is 5.90. The first-order chi connectivity index (χ1) is 12.5. The van der Waals surface area contributed by atoms with Gasteiger partial charge in [0.2, 0.25) is 11.1 Å². The van der Waals surface area contributed by atoms with Crippen LogP contribution in [-0.4, -0.2) is 31.9 Å². The number of amides is 1. The van der Waals surface area contributed by atoms with Crippen molar-refractivity contribution in [2.75, 3.05) is 11.1 Å². The molecule has 3 rings (SSSR count). The number of anilines is 1. The molecule has 0 aliphatic heterocycles. The summed E-state index contributed by atoms with van der Waals surface area (Å²) in [5.74, 6) is 0.555. The molecule has 2 aromatic carbocycles. The van der Waals surface area contributed by atoms with Crippen molar-refractivity contribution in [2.24, 2.45) is 0 Å². The average Bonchev–Trinajstić information content (AvgIpc) is 3.09. The van der Waals surface area contributed by atoms with Crippen LogP contribution in [0.3, 0.4) is 0 Å². The number of carbonyl (C=O) groups is 1. The Morgan fingerprint density at radius 3 is 2.50 bits per heavy atom. The molecule has 1 heterocycles. The van der Waals surface area contributed by atoms with Gasteiger partial charge in [-0.15, -0.1) is 5.10 Å². The van der Waals surface area contributed by atoms with Crippen LogP contribution in [0.1, 0.15) is 25.3 Å². The summed E-state index contributed by atoms with van der Waals surface area (Å²) in [5, 5.41) is 15.7. The summed E-state index contributed by atoms with van der Waals surface area (Å²) in [6.45, 7) is 4.27. The molecule has 0 saturated heterocycles. The summed E-state index contributed by atoms with van der Waals surface area (Å²) in [6, 6.07) is 15.0. The van der Waals surface area contributed by atoms with Gasteiger partial charge in [0.05, 0.1) is 11.4 Å². The van der Waals surface area contributed by atoms with Gasteiger partial charge in [-0.05, 0) is 58.3 Å². The van der Waals surface area contributed by atoms with E-state index >= 15 is 0 Å². The van der Waals surface area contributed by atoms with Crippen LogP contribution >= 0.6 is 23.4 Å². The number of hydrogen-bond donors (Lipinski definition) is 1. The third-order valence-corrected chi connectivity index (χ3v) is 4.88. The van der Waals surface area contributed by atoms with Gasteiger partial charge >= 0.3 is 0 Å². The minimum absolute atomic E-state index is 0.113. The van der Waals surface area contributed by atoms with Gasteiger partial charge in [-0.25, -0.2) is 0 Å². The second-order valence-electron chi connectivity index (χ2n) is 5.96. The first kappa shape index (κ1) is 18.4. The van der Waals surface area contributed by atoms with Crippen molar-refractivity contribution in [3.8, 4) is 5.69 Å². The van der Waals surface area contributed by atoms with Crippen LogP contribution in [0.4, 0.5) is 5.69 Å². The zero-order valence-electron chi connectivity index (χ0n) is 14.4. The Bertz CT molecular complexity index is 877. The van der Waals surface area contributed by atoms with Crippen molar-refractivity contribution in [1.29, 1.82) is 0 Å². The maximum absolute atomic E-state index is 12.2. The number of nitrogens with zero attached hydrogens (tertiary/aromatic N) is 4. The lowest BCUT2D eigenvalue weighted by molar-refractivity contribution is -0.113. The standard InChI is InChI=1S/C18H18ClN5OS/c1-12(2)13-3-7-15(8-4-13)20-17(25)11-26-18-21-22-23-24(18)16-9-5-14(19)6-10-16/h3-10,12H,11H2,1-2H3,(H,20,25). The molecule has 0 spiro atoms. The number of tetrazole rings is 1. The molecule has 0 fully saturated rings. The van der Waals surface area contributed by atoms with E-state index in [1.165, 1.54) is 17.3 Å². The molecule has 26 heavy (non-hydrogen) atoms. The molecule has 134 valence electrons. The summed E-state index contributed by atoms with van der Waals surface area (Å²) >= 11 is 7.17. The third kappa shape index (κ3) is 4.62. The molecule has 6 nitrogen and oxygen atoms in total. The SMILES string of the molecule is CC(C)c1ccc(NC(=O)CSc2nnnn2-c2ccc(Cl)cc2)cc1. The van der Waals surface area contributed by atoms with Gasteiger partial charge in [-0.1, -0.05) is 49.3 Å². The summed E-state index contributed by atoms with van der Waals surface area (Å²) < 4.78 is 1.58. The molecular formula is C18H18ClN5OS. The highest BCUT2D eigenvalue weighted by Crippen LogP contribution is 2.21. The van der Waals surface area contributed by atoms with Crippen molar-refractivity contribution in [1.82, 2.24) is 20.2 Å². The van der Waals surface area contributed by atoms with Crippen molar-refractivity contribution in [3.05, 3.63) is 59.1 Å². The highest BCUT2D eigenvalue weighted by atomic mass is 35.5. The number of benzene rings is 2. The van der Waals surface area contributed by atoms with E-state index in [0.717, 1.165) is 11.4 Å². The second kappa shape index (κ2) is 8.33. The van der Waals surface area contributed by atoms with Crippen LogP contribution in [0.2, 0.25) is 5.02 Å². The zero-order chi connectivity index (χ0) is 18.5. The molecule has 0 aliphatic rings. The van der Waals surface area contributed by atoms with E-state index in [9.17, 15) is 4.79 Å². The number of halogens is 1. The highest BCUT2D eigenvalue weighted by molar-refractivity contribution is 7.99. The lowest BCUT2D eigenvalue weighted by Crippen LogP contribution is -2.14. The van der Waals surface area contributed by atoms with Gasteiger partial charge in [-0.3, -0.25) is 4.79 Å². The van der Waals surface area contributed by atoms with Gasteiger partial charge in [-0.2, -0.15) is 4.68 Å². The quantitative estimate of drug-likeness (QED) is 0.642. The number of carbonyl (C=O) groups excluding carboxylic acids is 1. The van der Waals surface area contributed by atoms with E-state index < -0.39 is 0 Å². The van der Waals surface area contributed by atoms with Crippen LogP contribution in [0, 0.1) is 0 Å². The maximum atomic E-state index is 12.2. The van der Waals surface area contributed by atoms with Crippen molar-refractivity contribution in [2.45, 2.75) is 24.9 Å². The van der Waals surface area contributed by atoms with Crippen LogP contribution < -0.4 is 5.32 Å². The summed E-state index contributed by atoms with van der Waals surface area (Å²) in [7, 11) is 0. The molecule has 0 radical (unpaired) electrons. The van der Waals surface area contributed by atoms with Crippen molar-refractivity contribution < 1.29 is 4.79 Å². The van der Waals surface area contributed by atoms with Crippen LogP contribution in [0.25, 0.3) is 5.69 Å². The molecule has 0 unspecified atom stereocenters. The zero-order valence-corrected chi connectivity index (χ0v) is 16.0. The largest absolute Gasteiger partial charge is 0.325 e. The topological polar surface area (TPSA) is 72.7 Å². The average molecular weight is 388 g/mol. The summed E-state index contributed by atoms with van der Waals surface area (Å²) in [6.07, 6.45) is 0. The predicted molar refractivity (Wildman–Crippen MR) is 104 cm³/mol. The van der Waals surface area contributed by atoms with Crippen molar-refractivity contribution >= 4 is 35.0 Å². The summed E-state index contributed by atoms with van der Waals surface area (Å²) in [4.78, 5) is 12.2. The first-order valence-electron chi connectivity index (χ1n) is 8.10. The fourth-order valence-corrected chi connectivity index (χ4v) is 3.11. The van der Waals surface area contributed by atoms with Gasteiger partial charge < -0.3 is 5.32 Å². The van der Waals surface area contributed by atoms with E-state index in [-0.39, 0.29) is 11.7 Å². The Labute approximate surface area is 160 Å². The van der Waals surface area contributed by atoms with Crippen LogP contribution in [0.15, 0.2) is 53.7 Å².